The molecule has 0 unspecified atom stereocenters. The SMILES string of the molecule is Cc1sc(-c2ccccc2)nc1CC(=O)NNC(=O)c1cc2ccccc2s1. The van der Waals surface area contributed by atoms with E-state index in [9.17, 15) is 9.59 Å². The first kappa shape index (κ1) is 18.3. The van der Waals surface area contributed by atoms with Crippen LogP contribution in [0.1, 0.15) is 20.2 Å². The monoisotopic (exact) mass is 407 g/mol. The molecular weight excluding hydrogens is 390 g/mol. The van der Waals surface area contributed by atoms with Crippen LogP contribution in [0.15, 0.2) is 60.7 Å². The fourth-order valence-electron chi connectivity index (χ4n) is 2.77. The quantitative estimate of drug-likeness (QED) is 0.495. The van der Waals surface area contributed by atoms with Crippen molar-refractivity contribution in [1.29, 1.82) is 0 Å². The van der Waals surface area contributed by atoms with Crippen molar-refractivity contribution in [1.82, 2.24) is 15.8 Å². The van der Waals surface area contributed by atoms with E-state index in [-0.39, 0.29) is 18.2 Å². The van der Waals surface area contributed by atoms with Crippen LogP contribution in [0.3, 0.4) is 0 Å². The van der Waals surface area contributed by atoms with Gasteiger partial charge < -0.3 is 0 Å². The maximum Gasteiger partial charge on any atom is 0.279 e. The average Bonchev–Trinajstić information content (AvgIpc) is 3.31. The summed E-state index contributed by atoms with van der Waals surface area (Å²) in [5, 5.41) is 1.89. The Morgan fingerprint density at radius 3 is 2.50 bits per heavy atom. The minimum atomic E-state index is -0.325. The van der Waals surface area contributed by atoms with Gasteiger partial charge in [-0.25, -0.2) is 4.98 Å². The van der Waals surface area contributed by atoms with Crippen LogP contribution in [-0.2, 0) is 11.2 Å². The number of nitrogens with one attached hydrogen (secondary N) is 2. The van der Waals surface area contributed by atoms with Gasteiger partial charge in [-0.3, -0.25) is 20.4 Å². The normalized spacial score (nSPS) is 10.8. The van der Waals surface area contributed by atoms with Gasteiger partial charge in [0.1, 0.15) is 5.01 Å². The third-order valence-corrected chi connectivity index (χ3v) is 6.38. The van der Waals surface area contributed by atoms with E-state index in [0.29, 0.717) is 4.88 Å². The molecule has 140 valence electrons. The molecule has 2 heterocycles. The number of hydrogen-bond donors (Lipinski definition) is 2. The first-order chi connectivity index (χ1) is 13.6. The van der Waals surface area contributed by atoms with Gasteiger partial charge in [-0.1, -0.05) is 48.5 Å². The Balaban J connectivity index is 1.38. The number of hydrazine groups is 1. The second-order valence-electron chi connectivity index (χ2n) is 6.22. The molecule has 0 aliphatic carbocycles. The molecule has 4 rings (SSSR count). The summed E-state index contributed by atoms with van der Waals surface area (Å²) in [5.41, 5.74) is 6.72. The summed E-state index contributed by atoms with van der Waals surface area (Å²) in [6.07, 6.45) is 0.113. The van der Waals surface area contributed by atoms with Gasteiger partial charge in [0.25, 0.3) is 5.91 Å². The maximum atomic E-state index is 12.3. The topological polar surface area (TPSA) is 71.1 Å². The number of amides is 2. The molecule has 2 N–H and O–H groups in total. The summed E-state index contributed by atoms with van der Waals surface area (Å²) in [4.78, 5) is 30.7. The third kappa shape index (κ3) is 3.95. The van der Waals surface area contributed by atoms with Crippen LogP contribution in [0.2, 0.25) is 0 Å². The summed E-state index contributed by atoms with van der Waals surface area (Å²) in [6.45, 7) is 1.95. The Kier molecular flexibility index (Phi) is 5.18. The molecule has 2 aromatic heterocycles. The molecule has 0 aliphatic rings. The number of hydrogen-bond acceptors (Lipinski definition) is 5. The van der Waals surface area contributed by atoms with E-state index in [1.807, 2.05) is 67.6 Å². The maximum absolute atomic E-state index is 12.3. The fourth-order valence-corrected chi connectivity index (χ4v) is 4.67. The van der Waals surface area contributed by atoms with E-state index < -0.39 is 0 Å². The van der Waals surface area contributed by atoms with Crippen LogP contribution in [0.5, 0.6) is 0 Å². The van der Waals surface area contributed by atoms with Crippen molar-refractivity contribution in [3.8, 4) is 10.6 Å². The lowest BCUT2D eigenvalue weighted by atomic mass is 10.2. The van der Waals surface area contributed by atoms with Gasteiger partial charge in [-0.05, 0) is 24.4 Å². The van der Waals surface area contributed by atoms with E-state index in [1.54, 1.807) is 11.3 Å². The summed E-state index contributed by atoms with van der Waals surface area (Å²) in [6, 6.07) is 19.5. The Labute approximate surface area is 170 Å². The van der Waals surface area contributed by atoms with Gasteiger partial charge in [0.15, 0.2) is 0 Å². The molecular formula is C21H17N3O2S2. The first-order valence-electron chi connectivity index (χ1n) is 8.69. The average molecular weight is 408 g/mol. The van der Waals surface area contributed by atoms with Crippen LogP contribution in [0, 0.1) is 6.92 Å². The molecule has 5 nitrogen and oxygen atoms in total. The second-order valence-corrected chi connectivity index (χ2v) is 8.50. The highest BCUT2D eigenvalue weighted by Crippen LogP contribution is 2.27. The van der Waals surface area contributed by atoms with Crippen LogP contribution in [-0.4, -0.2) is 16.8 Å². The molecule has 0 atom stereocenters. The zero-order valence-electron chi connectivity index (χ0n) is 15.1. The Hall–Kier alpha value is -3.03. The number of thiophene rings is 1. The lowest BCUT2D eigenvalue weighted by Gasteiger charge is -2.05. The van der Waals surface area contributed by atoms with Crippen LogP contribution >= 0.6 is 22.7 Å². The van der Waals surface area contributed by atoms with E-state index in [4.69, 9.17) is 0 Å². The van der Waals surface area contributed by atoms with Crippen molar-refractivity contribution >= 4 is 44.6 Å². The number of thiazole rings is 1. The van der Waals surface area contributed by atoms with Crippen molar-refractivity contribution in [3.05, 3.63) is 76.1 Å². The largest absolute Gasteiger partial charge is 0.279 e. The smallest absolute Gasteiger partial charge is 0.273 e. The fraction of sp³-hybridized carbons (Fsp3) is 0.0952. The molecule has 4 aromatic rings. The number of rotatable bonds is 4. The van der Waals surface area contributed by atoms with Crippen LogP contribution in [0.25, 0.3) is 20.7 Å². The van der Waals surface area contributed by atoms with Crippen molar-refractivity contribution in [2.24, 2.45) is 0 Å². The molecule has 0 fully saturated rings. The number of carbonyl (C=O) groups is 2. The second kappa shape index (κ2) is 7.92. The van der Waals surface area contributed by atoms with Crippen molar-refractivity contribution in [2.75, 3.05) is 0 Å². The van der Waals surface area contributed by atoms with Gasteiger partial charge in [0.2, 0.25) is 5.91 Å². The standard InChI is InChI=1S/C21H17N3O2S2/c1-13-16(22-21(27-13)14-7-3-2-4-8-14)12-19(25)23-24-20(26)18-11-15-9-5-6-10-17(15)28-18/h2-11H,12H2,1H3,(H,23,25)(H,24,26). The Morgan fingerprint density at radius 2 is 1.71 bits per heavy atom. The van der Waals surface area contributed by atoms with Gasteiger partial charge in [-0.2, -0.15) is 0 Å². The predicted octanol–water partition coefficient (Wildman–Crippen LogP) is 4.34. The van der Waals surface area contributed by atoms with E-state index >= 15 is 0 Å². The molecule has 0 radical (unpaired) electrons. The summed E-state index contributed by atoms with van der Waals surface area (Å²) in [7, 11) is 0. The molecule has 2 aromatic carbocycles. The number of aryl methyl sites for hydroxylation is 1. The van der Waals surface area contributed by atoms with E-state index in [0.717, 1.165) is 31.2 Å². The molecule has 28 heavy (non-hydrogen) atoms. The summed E-state index contributed by atoms with van der Waals surface area (Å²) in [5.74, 6) is -0.628. The van der Waals surface area contributed by atoms with E-state index in [2.05, 4.69) is 15.8 Å². The minimum absolute atomic E-state index is 0.113. The van der Waals surface area contributed by atoms with Crippen molar-refractivity contribution < 1.29 is 9.59 Å². The molecule has 0 aliphatic heterocycles. The predicted molar refractivity (Wildman–Crippen MR) is 113 cm³/mol. The first-order valence-corrected chi connectivity index (χ1v) is 10.3. The third-order valence-electron chi connectivity index (χ3n) is 4.21. The number of fused-ring (bicyclic) bond motifs is 1. The zero-order valence-corrected chi connectivity index (χ0v) is 16.7. The molecule has 2 amide bonds. The Morgan fingerprint density at radius 1 is 0.964 bits per heavy atom. The summed E-state index contributed by atoms with van der Waals surface area (Å²) < 4.78 is 1.03. The van der Waals surface area contributed by atoms with Crippen LogP contribution in [0.4, 0.5) is 0 Å². The number of nitrogens with zero attached hydrogens (tertiary/aromatic N) is 1. The summed E-state index contributed by atoms with van der Waals surface area (Å²) >= 11 is 2.95. The van der Waals surface area contributed by atoms with Gasteiger partial charge in [-0.15, -0.1) is 22.7 Å². The number of carbonyl (C=O) groups excluding carboxylic acids is 2. The van der Waals surface area contributed by atoms with E-state index in [1.165, 1.54) is 11.3 Å². The molecule has 7 heteroatoms. The van der Waals surface area contributed by atoms with Crippen LogP contribution < -0.4 is 10.9 Å². The van der Waals surface area contributed by atoms with Gasteiger partial charge in [0.05, 0.1) is 17.0 Å². The number of aromatic nitrogens is 1. The lowest BCUT2D eigenvalue weighted by Crippen LogP contribution is -2.42. The highest BCUT2D eigenvalue weighted by atomic mass is 32.1. The molecule has 0 spiro atoms. The zero-order chi connectivity index (χ0) is 19.5. The van der Waals surface area contributed by atoms with Crippen molar-refractivity contribution in [2.45, 2.75) is 13.3 Å². The lowest BCUT2D eigenvalue weighted by molar-refractivity contribution is -0.121. The van der Waals surface area contributed by atoms with Crippen molar-refractivity contribution in [3.63, 3.8) is 0 Å². The molecule has 0 bridgehead atoms. The van der Waals surface area contributed by atoms with Gasteiger partial charge >= 0.3 is 0 Å². The Bertz CT molecular complexity index is 1120. The molecule has 0 saturated heterocycles. The van der Waals surface area contributed by atoms with Gasteiger partial charge in [0, 0.05) is 15.1 Å². The molecule has 0 saturated carbocycles. The number of benzene rings is 2. The highest BCUT2D eigenvalue weighted by Gasteiger charge is 2.15. The highest BCUT2D eigenvalue weighted by molar-refractivity contribution is 7.20. The minimum Gasteiger partial charge on any atom is -0.273 e.